The zero-order chi connectivity index (χ0) is 15.2. The zero-order valence-corrected chi connectivity index (χ0v) is 12.7. The molecule has 5 nitrogen and oxygen atoms in total. The highest BCUT2D eigenvalue weighted by Gasteiger charge is 2.12. The highest BCUT2D eigenvalue weighted by Crippen LogP contribution is 2.16. The largest absolute Gasteiger partial charge is 0.484 e. The summed E-state index contributed by atoms with van der Waals surface area (Å²) in [5, 5.41) is 4.20. The number of likely N-dealkylation sites (N-methyl/N-ethyl adjacent to an activating group) is 1. The van der Waals surface area contributed by atoms with Gasteiger partial charge in [-0.25, -0.2) is 0 Å². The van der Waals surface area contributed by atoms with E-state index in [1.165, 1.54) is 0 Å². The van der Waals surface area contributed by atoms with Crippen LogP contribution in [-0.2, 0) is 17.9 Å². The molecule has 0 unspecified atom stereocenters. The molecule has 0 fully saturated rings. The zero-order valence-electron chi connectivity index (χ0n) is 12.7. The number of hydrogen-bond acceptors (Lipinski definition) is 3. The third-order valence-electron chi connectivity index (χ3n) is 3.37. The monoisotopic (exact) mass is 287 g/mol. The minimum atomic E-state index is -0.0536. The predicted octanol–water partition coefficient (Wildman–Crippen LogP) is 2.25. The van der Waals surface area contributed by atoms with Crippen LogP contribution in [0.4, 0.5) is 0 Å². The molecule has 0 aliphatic rings. The molecule has 0 saturated heterocycles. The topological polar surface area (TPSA) is 47.4 Å². The Labute approximate surface area is 125 Å². The minimum Gasteiger partial charge on any atom is -0.484 e. The Hall–Kier alpha value is -2.30. The number of amides is 1. The van der Waals surface area contributed by atoms with Crippen molar-refractivity contribution in [3.05, 3.63) is 47.8 Å². The summed E-state index contributed by atoms with van der Waals surface area (Å²) in [5.74, 6) is 0.694. The van der Waals surface area contributed by atoms with Crippen LogP contribution in [0.3, 0.4) is 0 Å². The number of para-hydroxylation sites is 1. The second kappa shape index (κ2) is 6.92. The first-order valence-electron chi connectivity index (χ1n) is 7.05. The number of carbonyl (C=O) groups is 1. The van der Waals surface area contributed by atoms with E-state index >= 15 is 0 Å². The number of benzene rings is 1. The Balaban J connectivity index is 1.90. The summed E-state index contributed by atoms with van der Waals surface area (Å²) in [4.78, 5) is 13.8. The summed E-state index contributed by atoms with van der Waals surface area (Å²) in [7, 11) is 1.77. The average molecular weight is 287 g/mol. The Morgan fingerprint density at radius 1 is 1.33 bits per heavy atom. The molecule has 0 atom stereocenters. The molecule has 5 heteroatoms. The smallest absolute Gasteiger partial charge is 0.260 e. The molecule has 0 spiro atoms. The average Bonchev–Trinajstić information content (AvgIpc) is 2.93. The molecule has 0 N–H and O–H groups in total. The van der Waals surface area contributed by atoms with Gasteiger partial charge >= 0.3 is 0 Å². The first-order chi connectivity index (χ1) is 10.1. The summed E-state index contributed by atoms with van der Waals surface area (Å²) in [6.45, 7) is 5.36. The Morgan fingerprint density at radius 2 is 2.10 bits per heavy atom. The number of ether oxygens (including phenoxy) is 1. The maximum atomic E-state index is 12.1. The lowest BCUT2D eigenvalue weighted by molar-refractivity contribution is -0.132. The van der Waals surface area contributed by atoms with Crippen molar-refractivity contribution >= 4 is 5.91 Å². The molecule has 2 rings (SSSR count). The molecule has 0 bridgehead atoms. The molecule has 2 aromatic rings. The second-order valence-corrected chi connectivity index (χ2v) is 4.94. The van der Waals surface area contributed by atoms with E-state index in [0.717, 1.165) is 23.6 Å². The summed E-state index contributed by atoms with van der Waals surface area (Å²) < 4.78 is 7.46. The van der Waals surface area contributed by atoms with Gasteiger partial charge < -0.3 is 9.64 Å². The fourth-order valence-electron chi connectivity index (χ4n) is 2.08. The molecular formula is C16H21N3O2. The van der Waals surface area contributed by atoms with Gasteiger partial charge in [0.1, 0.15) is 5.75 Å². The fraction of sp³-hybridized carbons (Fsp3) is 0.375. The summed E-state index contributed by atoms with van der Waals surface area (Å²) >= 11 is 0. The SMILES string of the molecule is CCn1nccc1CN(C)C(=O)COc1ccccc1C. The van der Waals surface area contributed by atoms with Crippen LogP contribution in [0.1, 0.15) is 18.2 Å². The van der Waals surface area contributed by atoms with Gasteiger partial charge in [-0.2, -0.15) is 5.10 Å². The molecule has 21 heavy (non-hydrogen) atoms. The maximum Gasteiger partial charge on any atom is 0.260 e. The standard InChI is InChI=1S/C16H21N3O2/c1-4-19-14(9-10-17-19)11-18(3)16(20)12-21-15-8-6-5-7-13(15)2/h5-10H,4,11-12H2,1-3H3. The maximum absolute atomic E-state index is 12.1. The molecule has 1 heterocycles. The van der Waals surface area contributed by atoms with Crippen molar-refractivity contribution in [2.75, 3.05) is 13.7 Å². The molecule has 0 saturated carbocycles. The van der Waals surface area contributed by atoms with Crippen molar-refractivity contribution in [2.24, 2.45) is 0 Å². The summed E-state index contributed by atoms with van der Waals surface area (Å²) in [6, 6.07) is 9.60. The molecule has 1 amide bonds. The van der Waals surface area contributed by atoms with Crippen LogP contribution >= 0.6 is 0 Å². The van der Waals surface area contributed by atoms with Crippen molar-refractivity contribution in [1.29, 1.82) is 0 Å². The van der Waals surface area contributed by atoms with E-state index < -0.39 is 0 Å². The van der Waals surface area contributed by atoms with E-state index in [0.29, 0.717) is 6.54 Å². The first kappa shape index (κ1) is 15.1. The number of carbonyl (C=O) groups excluding carboxylic acids is 1. The number of aryl methyl sites for hydroxylation is 2. The molecule has 1 aromatic heterocycles. The van der Waals surface area contributed by atoms with Gasteiger partial charge in [0.15, 0.2) is 6.61 Å². The van der Waals surface area contributed by atoms with Gasteiger partial charge in [0.05, 0.1) is 12.2 Å². The van der Waals surface area contributed by atoms with Gasteiger partial charge in [0.25, 0.3) is 5.91 Å². The lowest BCUT2D eigenvalue weighted by atomic mass is 10.2. The van der Waals surface area contributed by atoms with Crippen LogP contribution in [0.15, 0.2) is 36.5 Å². The molecule has 1 aromatic carbocycles. The predicted molar refractivity (Wildman–Crippen MR) is 81.0 cm³/mol. The van der Waals surface area contributed by atoms with Crippen molar-refractivity contribution in [1.82, 2.24) is 14.7 Å². The number of nitrogens with zero attached hydrogens (tertiary/aromatic N) is 3. The molecule has 0 aliphatic heterocycles. The molecular weight excluding hydrogens is 266 g/mol. The molecule has 112 valence electrons. The van der Waals surface area contributed by atoms with E-state index in [4.69, 9.17) is 4.74 Å². The van der Waals surface area contributed by atoms with E-state index in [1.807, 2.05) is 48.9 Å². The van der Waals surface area contributed by atoms with Gasteiger partial charge in [-0.3, -0.25) is 9.48 Å². The molecule has 0 aliphatic carbocycles. The number of aromatic nitrogens is 2. The molecule has 0 radical (unpaired) electrons. The number of rotatable bonds is 6. The number of hydrogen-bond donors (Lipinski definition) is 0. The van der Waals surface area contributed by atoms with Crippen LogP contribution in [0.25, 0.3) is 0 Å². The van der Waals surface area contributed by atoms with Crippen molar-refractivity contribution in [3.8, 4) is 5.75 Å². The normalized spacial score (nSPS) is 10.4. The van der Waals surface area contributed by atoms with E-state index in [9.17, 15) is 4.79 Å². The van der Waals surface area contributed by atoms with E-state index in [2.05, 4.69) is 5.10 Å². The highest BCUT2D eigenvalue weighted by molar-refractivity contribution is 5.77. The Bertz CT molecular complexity index is 607. The first-order valence-corrected chi connectivity index (χ1v) is 7.05. The van der Waals surface area contributed by atoms with Gasteiger partial charge in [0, 0.05) is 19.8 Å². The van der Waals surface area contributed by atoms with Gasteiger partial charge in [0.2, 0.25) is 0 Å². The minimum absolute atomic E-state index is 0.0433. The Kier molecular flexibility index (Phi) is 4.98. The van der Waals surface area contributed by atoms with Gasteiger partial charge in [-0.05, 0) is 31.5 Å². The third kappa shape index (κ3) is 3.84. The van der Waals surface area contributed by atoms with Gasteiger partial charge in [-0.15, -0.1) is 0 Å². The third-order valence-corrected chi connectivity index (χ3v) is 3.37. The lowest BCUT2D eigenvalue weighted by Gasteiger charge is -2.18. The lowest BCUT2D eigenvalue weighted by Crippen LogP contribution is -2.31. The summed E-state index contributed by atoms with van der Waals surface area (Å²) in [5.41, 5.74) is 2.04. The van der Waals surface area contributed by atoms with Crippen molar-refractivity contribution < 1.29 is 9.53 Å². The summed E-state index contributed by atoms with van der Waals surface area (Å²) in [6.07, 6.45) is 1.75. The van der Waals surface area contributed by atoms with Crippen LogP contribution in [-0.4, -0.2) is 34.2 Å². The van der Waals surface area contributed by atoms with Crippen LogP contribution in [0.5, 0.6) is 5.75 Å². The van der Waals surface area contributed by atoms with Crippen LogP contribution in [0, 0.1) is 6.92 Å². The van der Waals surface area contributed by atoms with Crippen molar-refractivity contribution in [3.63, 3.8) is 0 Å². The van der Waals surface area contributed by atoms with Crippen molar-refractivity contribution in [2.45, 2.75) is 26.9 Å². The fourth-order valence-corrected chi connectivity index (χ4v) is 2.08. The van der Waals surface area contributed by atoms with Crippen LogP contribution in [0.2, 0.25) is 0 Å². The Morgan fingerprint density at radius 3 is 2.81 bits per heavy atom. The van der Waals surface area contributed by atoms with Gasteiger partial charge in [-0.1, -0.05) is 18.2 Å². The highest BCUT2D eigenvalue weighted by atomic mass is 16.5. The van der Waals surface area contributed by atoms with Crippen LogP contribution < -0.4 is 4.74 Å². The quantitative estimate of drug-likeness (QED) is 0.818. The second-order valence-electron chi connectivity index (χ2n) is 4.94. The van der Waals surface area contributed by atoms with E-state index in [1.54, 1.807) is 18.1 Å². The van der Waals surface area contributed by atoms with E-state index in [-0.39, 0.29) is 12.5 Å².